The van der Waals surface area contributed by atoms with Crippen LogP contribution in [0.25, 0.3) is 0 Å². The van der Waals surface area contributed by atoms with Gasteiger partial charge in [0, 0.05) is 13.1 Å². The highest BCUT2D eigenvalue weighted by Gasteiger charge is 2.38. The Morgan fingerprint density at radius 3 is 3.00 bits per heavy atom. The van der Waals surface area contributed by atoms with Gasteiger partial charge in [-0.15, -0.1) is 0 Å². The number of carbonyl (C=O) groups excluding carboxylic acids is 2. The molecule has 86 valence electrons. The molecule has 16 heavy (non-hydrogen) atoms. The van der Waals surface area contributed by atoms with E-state index in [4.69, 9.17) is 0 Å². The number of aldehydes is 1. The molecule has 5 nitrogen and oxygen atoms in total. The van der Waals surface area contributed by atoms with Crippen molar-refractivity contribution in [2.24, 2.45) is 0 Å². The molecule has 1 aromatic rings. The molecular weight excluding hydrogens is 226 g/mol. The smallest absolute Gasteiger partial charge is 0.245 e. The number of thiazole rings is 1. The Labute approximate surface area is 97.5 Å². The van der Waals surface area contributed by atoms with Crippen molar-refractivity contribution in [3.05, 3.63) is 11.1 Å². The van der Waals surface area contributed by atoms with E-state index in [-0.39, 0.29) is 5.91 Å². The van der Waals surface area contributed by atoms with E-state index in [0.717, 1.165) is 11.4 Å². The molecule has 1 saturated heterocycles. The van der Waals surface area contributed by atoms with Crippen molar-refractivity contribution in [3.8, 4) is 0 Å². The highest BCUT2D eigenvalue weighted by atomic mass is 32.1. The SMILES string of the molecule is CC1(C)C(=O)NCCN1c1ncc(C=O)s1. The molecule has 1 aliphatic heterocycles. The van der Waals surface area contributed by atoms with E-state index in [0.29, 0.717) is 18.0 Å². The van der Waals surface area contributed by atoms with Crippen LogP contribution in [0.2, 0.25) is 0 Å². The van der Waals surface area contributed by atoms with Crippen LogP contribution in [0.4, 0.5) is 5.13 Å². The summed E-state index contributed by atoms with van der Waals surface area (Å²) in [6.07, 6.45) is 2.31. The second-order valence-electron chi connectivity index (χ2n) is 4.13. The minimum Gasteiger partial charge on any atom is -0.352 e. The van der Waals surface area contributed by atoms with Gasteiger partial charge in [-0.05, 0) is 13.8 Å². The van der Waals surface area contributed by atoms with Crippen molar-refractivity contribution in [2.45, 2.75) is 19.4 Å². The summed E-state index contributed by atoms with van der Waals surface area (Å²) in [6.45, 7) is 5.02. The summed E-state index contributed by atoms with van der Waals surface area (Å²) in [7, 11) is 0. The molecule has 1 aliphatic rings. The lowest BCUT2D eigenvalue weighted by Gasteiger charge is -2.40. The number of nitrogens with one attached hydrogen (secondary N) is 1. The maximum absolute atomic E-state index is 11.7. The van der Waals surface area contributed by atoms with Crippen LogP contribution in [-0.4, -0.2) is 35.8 Å². The molecular formula is C10H13N3O2S. The number of nitrogens with zero attached hydrogens (tertiary/aromatic N) is 2. The van der Waals surface area contributed by atoms with Crippen LogP contribution in [0, 0.1) is 0 Å². The molecule has 1 fully saturated rings. The molecule has 0 bridgehead atoms. The van der Waals surface area contributed by atoms with Gasteiger partial charge in [0.05, 0.1) is 11.1 Å². The zero-order valence-electron chi connectivity index (χ0n) is 9.19. The van der Waals surface area contributed by atoms with Crippen LogP contribution in [0.5, 0.6) is 0 Å². The molecule has 0 atom stereocenters. The van der Waals surface area contributed by atoms with Crippen molar-refractivity contribution in [3.63, 3.8) is 0 Å². The first-order chi connectivity index (χ1) is 7.55. The number of carbonyl (C=O) groups is 2. The monoisotopic (exact) mass is 239 g/mol. The Kier molecular flexibility index (Phi) is 2.67. The van der Waals surface area contributed by atoms with Gasteiger partial charge in [0.2, 0.25) is 5.91 Å². The third-order valence-electron chi connectivity index (χ3n) is 2.71. The molecule has 1 amide bonds. The maximum atomic E-state index is 11.7. The molecule has 0 saturated carbocycles. The van der Waals surface area contributed by atoms with E-state index < -0.39 is 5.54 Å². The topological polar surface area (TPSA) is 62.3 Å². The maximum Gasteiger partial charge on any atom is 0.245 e. The average Bonchev–Trinajstić information content (AvgIpc) is 2.70. The van der Waals surface area contributed by atoms with Gasteiger partial charge in [-0.25, -0.2) is 4.98 Å². The predicted octanol–water partition coefficient (Wildman–Crippen LogP) is 0.670. The van der Waals surface area contributed by atoms with Crippen LogP contribution in [0.15, 0.2) is 6.20 Å². The normalized spacial score (nSPS) is 19.4. The molecule has 2 heterocycles. The van der Waals surface area contributed by atoms with Crippen LogP contribution >= 0.6 is 11.3 Å². The first-order valence-corrected chi connectivity index (χ1v) is 5.84. The molecule has 0 aromatic carbocycles. The number of hydrogen-bond acceptors (Lipinski definition) is 5. The van der Waals surface area contributed by atoms with Gasteiger partial charge < -0.3 is 10.2 Å². The number of hydrogen-bond donors (Lipinski definition) is 1. The van der Waals surface area contributed by atoms with E-state index in [2.05, 4.69) is 10.3 Å². The van der Waals surface area contributed by atoms with Crippen molar-refractivity contribution < 1.29 is 9.59 Å². The summed E-state index contributed by atoms with van der Waals surface area (Å²) in [4.78, 5) is 29.0. The number of anilines is 1. The Bertz CT molecular complexity index is 427. The van der Waals surface area contributed by atoms with Gasteiger partial charge in [-0.2, -0.15) is 0 Å². The summed E-state index contributed by atoms with van der Waals surface area (Å²) < 4.78 is 0. The highest BCUT2D eigenvalue weighted by molar-refractivity contribution is 7.17. The lowest BCUT2D eigenvalue weighted by molar-refractivity contribution is -0.126. The Morgan fingerprint density at radius 2 is 2.38 bits per heavy atom. The van der Waals surface area contributed by atoms with Gasteiger partial charge in [0.1, 0.15) is 5.54 Å². The highest BCUT2D eigenvalue weighted by Crippen LogP contribution is 2.29. The Balaban J connectivity index is 2.31. The summed E-state index contributed by atoms with van der Waals surface area (Å²) in [5.41, 5.74) is -0.615. The average molecular weight is 239 g/mol. The first-order valence-electron chi connectivity index (χ1n) is 5.02. The van der Waals surface area contributed by atoms with E-state index in [1.165, 1.54) is 17.5 Å². The minimum atomic E-state index is -0.615. The minimum absolute atomic E-state index is 0.0124. The van der Waals surface area contributed by atoms with E-state index >= 15 is 0 Å². The van der Waals surface area contributed by atoms with Crippen molar-refractivity contribution in [1.29, 1.82) is 0 Å². The van der Waals surface area contributed by atoms with Gasteiger partial charge in [0.15, 0.2) is 11.4 Å². The summed E-state index contributed by atoms with van der Waals surface area (Å²) in [5.74, 6) is -0.0124. The molecule has 6 heteroatoms. The fraction of sp³-hybridized carbons (Fsp3) is 0.500. The standard InChI is InChI=1S/C10H13N3O2S/c1-10(2)8(15)11-3-4-13(10)9-12-5-7(6-14)16-9/h5-6H,3-4H2,1-2H3,(H,11,15). The lowest BCUT2D eigenvalue weighted by Crippen LogP contribution is -2.62. The predicted molar refractivity (Wildman–Crippen MR) is 61.9 cm³/mol. The summed E-state index contributed by atoms with van der Waals surface area (Å²) in [6, 6.07) is 0. The zero-order valence-corrected chi connectivity index (χ0v) is 10.0. The van der Waals surface area contributed by atoms with Crippen LogP contribution < -0.4 is 10.2 Å². The van der Waals surface area contributed by atoms with Crippen LogP contribution in [0.1, 0.15) is 23.5 Å². The zero-order chi connectivity index (χ0) is 11.8. The fourth-order valence-electron chi connectivity index (χ4n) is 1.69. The third-order valence-corrected chi connectivity index (χ3v) is 3.66. The molecule has 1 aromatic heterocycles. The summed E-state index contributed by atoms with van der Waals surface area (Å²) >= 11 is 1.31. The van der Waals surface area contributed by atoms with E-state index in [9.17, 15) is 9.59 Å². The van der Waals surface area contributed by atoms with Gasteiger partial charge >= 0.3 is 0 Å². The molecule has 0 spiro atoms. The van der Waals surface area contributed by atoms with Gasteiger partial charge in [-0.1, -0.05) is 11.3 Å². The number of aromatic nitrogens is 1. The number of piperazine rings is 1. The summed E-state index contributed by atoms with van der Waals surface area (Å²) in [5, 5.41) is 3.54. The van der Waals surface area contributed by atoms with Gasteiger partial charge in [-0.3, -0.25) is 9.59 Å². The number of rotatable bonds is 2. The fourth-order valence-corrected chi connectivity index (χ4v) is 2.59. The second-order valence-corrected chi connectivity index (χ2v) is 5.17. The third kappa shape index (κ3) is 1.69. The van der Waals surface area contributed by atoms with E-state index in [1.54, 1.807) is 0 Å². The first kappa shape index (κ1) is 11.1. The van der Waals surface area contributed by atoms with Crippen LogP contribution in [-0.2, 0) is 4.79 Å². The molecule has 0 aliphatic carbocycles. The van der Waals surface area contributed by atoms with Crippen LogP contribution in [0.3, 0.4) is 0 Å². The van der Waals surface area contributed by atoms with Gasteiger partial charge in [0.25, 0.3) is 0 Å². The molecule has 2 rings (SSSR count). The molecule has 1 N–H and O–H groups in total. The van der Waals surface area contributed by atoms with Crippen molar-refractivity contribution in [1.82, 2.24) is 10.3 Å². The Morgan fingerprint density at radius 1 is 1.62 bits per heavy atom. The van der Waals surface area contributed by atoms with Crippen molar-refractivity contribution in [2.75, 3.05) is 18.0 Å². The number of amides is 1. The Hall–Kier alpha value is -1.43. The quantitative estimate of drug-likeness (QED) is 0.771. The molecule has 0 radical (unpaired) electrons. The largest absolute Gasteiger partial charge is 0.352 e. The molecule has 0 unspecified atom stereocenters. The van der Waals surface area contributed by atoms with Crippen molar-refractivity contribution >= 4 is 28.7 Å². The van der Waals surface area contributed by atoms with E-state index in [1.807, 2.05) is 18.7 Å². The lowest BCUT2D eigenvalue weighted by atomic mass is 10.00. The second kappa shape index (κ2) is 3.86.